The number of carbonyl (C=O) groups is 2. The Balaban J connectivity index is 1.69. The summed E-state index contributed by atoms with van der Waals surface area (Å²) in [5.74, 6) is -0.608. The van der Waals surface area contributed by atoms with Crippen molar-refractivity contribution in [1.29, 1.82) is 0 Å². The number of nitrogens with zero attached hydrogens (tertiary/aromatic N) is 2. The van der Waals surface area contributed by atoms with Crippen LogP contribution in [0.4, 0.5) is 16.2 Å². The van der Waals surface area contributed by atoms with Crippen molar-refractivity contribution in [2.24, 2.45) is 22.1 Å². The fourth-order valence-corrected chi connectivity index (χ4v) is 3.16. The second-order valence-corrected chi connectivity index (χ2v) is 5.85. The van der Waals surface area contributed by atoms with Gasteiger partial charge in [0.1, 0.15) is 5.76 Å². The monoisotopic (exact) mass is 314 g/mol. The number of benzene rings is 1. The Morgan fingerprint density at radius 2 is 1.83 bits per heavy atom. The molecule has 0 spiro atoms. The van der Waals surface area contributed by atoms with E-state index in [4.69, 9.17) is 5.73 Å². The molecule has 1 aromatic carbocycles. The first-order chi connectivity index (χ1) is 11.1. The zero-order chi connectivity index (χ0) is 16.4. The van der Waals surface area contributed by atoms with Gasteiger partial charge in [-0.25, -0.2) is 4.79 Å². The van der Waals surface area contributed by atoms with Crippen LogP contribution in [-0.4, -0.2) is 16.9 Å². The maximum Gasteiger partial charge on any atom is 0.364 e. The maximum atomic E-state index is 12.2. The van der Waals surface area contributed by atoms with Gasteiger partial charge in [-0.1, -0.05) is 18.0 Å². The van der Waals surface area contributed by atoms with Crippen LogP contribution in [0.2, 0.25) is 0 Å². The van der Waals surface area contributed by atoms with Gasteiger partial charge in [-0.05, 0) is 37.1 Å². The second-order valence-electron chi connectivity index (χ2n) is 5.85. The molecule has 2 unspecified atom stereocenters. The van der Waals surface area contributed by atoms with E-state index in [1.165, 1.54) is 0 Å². The number of hydrogen-bond acceptors (Lipinski definition) is 5. The summed E-state index contributed by atoms with van der Waals surface area (Å²) < 4.78 is 0. The number of urea groups is 1. The van der Waals surface area contributed by atoms with Gasteiger partial charge in [-0.15, -0.1) is 5.11 Å². The van der Waals surface area contributed by atoms with Crippen molar-refractivity contribution in [2.45, 2.75) is 25.7 Å². The zero-order valence-corrected chi connectivity index (χ0v) is 12.5. The lowest BCUT2D eigenvalue weighted by Crippen LogP contribution is -2.21. The lowest BCUT2D eigenvalue weighted by atomic mass is 9.80. The summed E-state index contributed by atoms with van der Waals surface area (Å²) in [5.41, 5.74) is 6.59. The highest BCUT2D eigenvalue weighted by atomic mass is 16.3. The highest BCUT2D eigenvalue weighted by Gasteiger charge is 2.43. The Morgan fingerprint density at radius 3 is 2.48 bits per heavy atom. The fourth-order valence-electron chi connectivity index (χ4n) is 3.16. The quantitative estimate of drug-likeness (QED) is 0.572. The van der Waals surface area contributed by atoms with Crippen molar-refractivity contribution >= 4 is 23.2 Å². The van der Waals surface area contributed by atoms with Crippen molar-refractivity contribution in [1.82, 2.24) is 0 Å². The van der Waals surface area contributed by atoms with Crippen LogP contribution in [0, 0.1) is 11.8 Å². The standard InChI is InChI=1S/C16H18N4O3/c17-9-5-7-10(8-6-9)18-16(23)20-19-13-14(21)11-3-1-2-4-12(11)15(13)22/h5-8,11-12,21H,1-4,17H2,(H,18,23). The minimum Gasteiger partial charge on any atom is -0.510 e. The third-order valence-electron chi connectivity index (χ3n) is 4.33. The number of carbonyl (C=O) groups excluding carboxylic acids is 2. The average Bonchev–Trinajstić information content (AvgIpc) is 2.80. The van der Waals surface area contributed by atoms with E-state index >= 15 is 0 Å². The summed E-state index contributed by atoms with van der Waals surface area (Å²) in [6.07, 6.45) is 3.49. The Bertz CT molecular complexity index is 694. The predicted molar refractivity (Wildman–Crippen MR) is 84.8 cm³/mol. The molecule has 2 atom stereocenters. The van der Waals surface area contributed by atoms with Crippen molar-refractivity contribution < 1.29 is 14.7 Å². The van der Waals surface area contributed by atoms with Crippen LogP contribution in [0.5, 0.6) is 0 Å². The third-order valence-corrected chi connectivity index (χ3v) is 4.33. The minimum absolute atomic E-state index is 0.0243. The molecule has 0 saturated heterocycles. The number of amides is 2. The number of ketones is 1. The Labute approximate surface area is 133 Å². The van der Waals surface area contributed by atoms with Crippen LogP contribution in [0.15, 0.2) is 46.0 Å². The molecule has 1 saturated carbocycles. The molecule has 7 nitrogen and oxygen atoms in total. The highest BCUT2D eigenvalue weighted by Crippen LogP contribution is 2.42. The number of hydrogen-bond donors (Lipinski definition) is 3. The van der Waals surface area contributed by atoms with Gasteiger partial charge in [-0.2, -0.15) is 0 Å². The molecule has 2 amide bonds. The summed E-state index contributed by atoms with van der Waals surface area (Å²) in [4.78, 5) is 24.0. The van der Waals surface area contributed by atoms with E-state index in [9.17, 15) is 14.7 Å². The third kappa shape index (κ3) is 3.08. The molecule has 1 aromatic rings. The molecule has 0 heterocycles. The molecular formula is C16H18N4O3. The largest absolute Gasteiger partial charge is 0.510 e. The van der Waals surface area contributed by atoms with Gasteiger partial charge in [0, 0.05) is 23.2 Å². The van der Waals surface area contributed by atoms with Crippen LogP contribution >= 0.6 is 0 Å². The van der Waals surface area contributed by atoms with E-state index in [0.717, 1.165) is 25.7 Å². The number of nitrogen functional groups attached to an aromatic ring is 1. The molecule has 23 heavy (non-hydrogen) atoms. The van der Waals surface area contributed by atoms with E-state index in [-0.39, 0.29) is 29.1 Å². The van der Waals surface area contributed by atoms with Crippen LogP contribution in [0.1, 0.15) is 25.7 Å². The first-order valence-electron chi connectivity index (χ1n) is 7.62. The molecule has 0 aliphatic heterocycles. The molecule has 120 valence electrons. The van der Waals surface area contributed by atoms with E-state index in [1.807, 2.05) is 0 Å². The van der Waals surface area contributed by atoms with Gasteiger partial charge in [0.2, 0.25) is 0 Å². The van der Waals surface area contributed by atoms with Crippen molar-refractivity contribution in [2.75, 3.05) is 11.1 Å². The van der Waals surface area contributed by atoms with Crippen LogP contribution in [0.3, 0.4) is 0 Å². The van der Waals surface area contributed by atoms with E-state index in [1.54, 1.807) is 24.3 Å². The lowest BCUT2D eigenvalue weighted by molar-refractivity contribution is -0.120. The molecule has 2 aliphatic carbocycles. The fraction of sp³-hybridized carbons (Fsp3) is 0.375. The number of nitrogens with two attached hydrogens (primary N) is 1. The van der Waals surface area contributed by atoms with Crippen molar-refractivity contribution in [3.05, 3.63) is 35.7 Å². The van der Waals surface area contributed by atoms with E-state index in [2.05, 4.69) is 15.5 Å². The molecule has 2 aliphatic rings. The molecule has 0 bridgehead atoms. The molecule has 3 rings (SSSR count). The molecule has 1 fully saturated rings. The molecule has 7 heteroatoms. The Morgan fingerprint density at radius 1 is 1.17 bits per heavy atom. The smallest absolute Gasteiger partial charge is 0.364 e. The molecule has 0 radical (unpaired) electrons. The summed E-state index contributed by atoms with van der Waals surface area (Å²) >= 11 is 0. The molecule has 0 aromatic heterocycles. The van der Waals surface area contributed by atoms with Gasteiger partial charge in [0.05, 0.1) is 0 Å². The first-order valence-corrected chi connectivity index (χ1v) is 7.62. The number of azo groups is 1. The number of nitrogens with one attached hydrogen (secondary N) is 1. The maximum absolute atomic E-state index is 12.2. The van der Waals surface area contributed by atoms with Crippen LogP contribution in [0.25, 0.3) is 0 Å². The summed E-state index contributed by atoms with van der Waals surface area (Å²) in [5, 5.41) is 19.8. The number of aliphatic hydroxyl groups excluding tert-OH is 1. The van der Waals surface area contributed by atoms with Crippen LogP contribution in [-0.2, 0) is 4.79 Å². The number of fused-ring (bicyclic) bond motifs is 1. The van der Waals surface area contributed by atoms with E-state index in [0.29, 0.717) is 11.4 Å². The van der Waals surface area contributed by atoms with Gasteiger partial charge in [-0.3, -0.25) is 4.79 Å². The molecular weight excluding hydrogens is 296 g/mol. The average molecular weight is 314 g/mol. The van der Waals surface area contributed by atoms with E-state index < -0.39 is 6.03 Å². The SMILES string of the molecule is Nc1ccc(NC(=O)N=NC2=C(O)C3CCCCC3C2=O)cc1. The second kappa shape index (κ2) is 6.20. The van der Waals surface area contributed by atoms with Gasteiger partial charge < -0.3 is 16.2 Å². The topological polar surface area (TPSA) is 117 Å². The Hall–Kier alpha value is -2.70. The van der Waals surface area contributed by atoms with Gasteiger partial charge in [0.25, 0.3) is 0 Å². The number of anilines is 2. The number of Topliss-reactive ketones (excluding diaryl/α,β-unsaturated/α-hetero) is 1. The molecule has 4 N–H and O–H groups in total. The Kier molecular flexibility index (Phi) is 4.10. The van der Waals surface area contributed by atoms with Crippen molar-refractivity contribution in [3.8, 4) is 0 Å². The minimum atomic E-state index is -0.710. The summed E-state index contributed by atoms with van der Waals surface area (Å²) in [6.45, 7) is 0. The van der Waals surface area contributed by atoms with Gasteiger partial charge in [0.15, 0.2) is 11.5 Å². The summed E-state index contributed by atoms with van der Waals surface area (Å²) in [6, 6.07) is 5.85. The normalized spacial score (nSPS) is 24.1. The van der Waals surface area contributed by atoms with Crippen molar-refractivity contribution in [3.63, 3.8) is 0 Å². The summed E-state index contributed by atoms with van der Waals surface area (Å²) in [7, 11) is 0. The number of aliphatic hydroxyl groups is 1. The first kappa shape index (κ1) is 15.2. The number of allylic oxidation sites excluding steroid dienone is 2. The van der Waals surface area contributed by atoms with Gasteiger partial charge >= 0.3 is 6.03 Å². The van der Waals surface area contributed by atoms with Crippen LogP contribution < -0.4 is 11.1 Å². The predicted octanol–water partition coefficient (Wildman–Crippen LogP) is 3.41. The number of rotatable bonds is 2. The highest BCUT2D eigenvalue weighted by molar-refractivity contribution is 6.00. The lowest BCUT2D eigenvalue weighted by Gasteiger charge is -2.23. The zero-order valence-electron chi connectivity index (χ0n) is 12.5.